The second-order valence-corrected chi connectivity index (χ2v) is 4.78. The van der Waals surface area contributed by atoms with Crippen molar-refractivity contribution in [2.24, 2.45) is 0 Å². The Labute approximate surface area is 118 Å². The van der Waals surface area contributed by atoms with E-state index in [4.69, 9.17) is 4.74 Å². The van der Waals surface area contributed by atoms with Crippen molar-refractivity contribution in [2.75, 3.05) is 7.11 Å². The molecule has 0 spiro atoms. The Hall–Kier alpha value is -2.11. The normalized spacial score (nSPS) is 22.6. The van der Waals surface area contributed by atoms with Crippen LogP contribution in [0, 0.1) is 0 Å². The van der Waals surface area contributed by atoms with E-state index in [9.17, 15) is 9.59 Å². The monoisotopic (exact) mass is 277 g/mol. The van der Waals surface area contributed by atoms with E-state index in [1.54, 1.807) is 24.1 Å². The number of pyridine rings is 1. The summed E-state index contributed by atoms with van der Waals surface area (Å²) in [5.74, 6) is 0.288. The van der Waals surface area contributed by atoms with E-state index in [0.29, 0.717) is 18.8 Å². The van der Waals surface area contributed by atoms with Crippen LogP contribution in [0.3, 0.4) is 0 Å². The second kappa shape index (κ2) is 5.90. The zero-order valence-electron chi connectivity index (χ0n) is 11.9. The van der Waals surface area contributed by atoms with Crippen molar-refractivity contribution in [3.8, 4) is 5.88 Å². The number of hydrogen-bond donors (Lipinski definition) is 1. The molecule has 2 unspecified atom stereocenters. The number of amides is 2. The number of aromatic nitrogens is 1. The molecule has 0 bridgehead atoms. The first-order valence-electron chi connectivity index (χ1n) is 6.67. The molecule has 2 heterocycles. The van der Waals surface area contributed by atoms with E-state index >= 15 is 0 Å². The maximum Gasteiger partial charge on any atom is 0.246 e. The Morgan fingerprint density at radius 3 is 2.85 bits per heavy atom. The van der Waals surface area contributed by atoms with Crippen LogP contribution in [0.5, 0.6) is 5.88 Å². The molecular formula is C14H19N3O3. The van der Waals surface area contributed by atoms with Crippen molar-refractivity contribution in [3.63, 3.8) is 0 Å². The van der Waals surface area contributed by atoms with Gasteiger partial charge in [-0.25, -0.2) is 4.98 Å². The number of ether oxygens (including phenoxy) is 1. The number of nitrogens with zero attached hydrogens (tertiary/aromatic N) is 2. The third-order valence-corrected chi connectivity index (χ3v) is 3.54. The van der Waals surface area contributed by atoms with Crippen LogP contribution in [-0.4, -0.2) is 40.9 Å². The molecule has 0 aliphatic carbocycles. The van der Waals surface area contributed by atoms with Crippen LogP contribution >= 0.6 is 0 Å². The van der Waals surface area contributed by atoms with E-state index in [1.165, 1.54) is 7.11 Å². The van der Waals surface area contributed by atoms with Gasteiger partial charge < -0.3 is 15.0 Å². The molecule has 1 aromatic rings. The molecule has 6 nitrogen and oxygen atoms in total. The van der Waals surface area contributed by atoms with Gasteiger partial charge in [-0.1, -0.05) is 13.0 Å². The van der Waals surface area contributed by atoms with Crippen LogP contribution < -0.4 is 10.1 Å². The minimum atomic E-state index is -0.491. The summed E-state index contributed by atoms with van der Waals surface area (Å²) in [4.78, 5) is 30.0. The molecule has 20 heavy (non-hydrogen) atoms. The van der Waals surface area contributed by atoms with Crippen LogP contribution in [0.1, 0.15) is 25.8 Å². The summed E-state index contributed by atoms with van der Waals surface area (Å²) in [6.45, 7) is 3.92. The zero-order chi connectivity index (χ0) is 14.7. The van der Waals surface area contributed by atoms with Gasteiger partial charge >= 0.3 is 0 Å². The molecule has 2 rings (SSSR count). The molecule has 2 atom stereocenters. The molecule has 1 saturated heterocycles. The Morgan fingerprint density at radius 2 is 2.20 bits per heavy atom. The molecule has 1 fully saturated rings. The number of nitrogens with one attached hydrogen (secondary N) is 1. The van der Waals surface area contributed by atoms with Crippen molar-refractivity contribution in [1.29, 1.82) is 0 Å². The quantitative estimate of drug-likeness (QED) is 0.880. The highest BCUT2D eigenvalue weighted by atomic mass is 16.5. The van der Waals surface area contributed by atoms with Gasteiger partial charge in [0, 0.05) is 11.8 Å². The van der Waals surface area contributed by atoms with Gasteiger partial charge in [0.05, 0.1) is 13.7 Å². The zero-order valence-corrected chi connectivity index (χ0v) is 11.9. The standard InChI is InChI=1S/C14H19N3O3/c1-4-11-14(19)17(9(2)12(18)16-11)8-10-6-5-7-15-13(10)20-3/h5-7,9,11H,4,8H2,1-3H3,(H,16,18). The van der Waals surface area contributed by atoms with Gasteiger partial charge in [-0.15, -0.1) is 0 Å². The van der Waals surface area contributed by atoms with Gasteiger partial charge in [0.25, 0.3) is 0 Å². The molecule has 0 aromatic carbocycles. The number of carbonyl (C=O) groups excluding carboxylic acids is 2. The molecule has 1 N–H and O–H groups in total. The van der Waals surface area contributed by atoms with Crippen LogP contribution in [0.2, 0.25) is 0 Å². The second-order valence-electron chi connectivity index (χ2n) is 4.78. The predicted octanol–water partition coefficient (Wildman–Crippen LogP) is 0.716. The summed E-state index contributed by atoms with van der Waals surface area (Å²) in [6, 6.07) is 2.70. The minimum Gasteiger partial charge on any atom is -0.481 e. The molecule has 0 saturated carbocycles. The van der Waals surface area contributed by atoms with E-state index in [1.807, 2.05) is 13.0 Å². The van der Waals surface area contributed by atoms with Crippen LogP contribution in [0.25, 0.3) is 0 Å². The van der Waals surface area contributed by atoms with Crippen molar-refractivity contribution in [3.05, 3.63) is 23.9 Å². The van der Waals surface area contributed by atoms with Gasteiger partial charge in [-0.05, 0) is 19.4 Å². The molecule has 2 amide bonds. The van der Waals surface area contributed by atoms with Crippen LogP contribution in [0.4, 0.5) is 0 Å². The van der Waals surface area contributed by atoms with Crippen molar-refractivity contribution < 1.29 is 14.3 Å². The lowest BCUT2D eigenvalue weighted by Gasteiger charge is -2.37. The van der Waals surface area contributed by atoms with E-state index in [2.05, 4.69) is 10.3 Å². The predicted molar refractivity (Wildman–Crippen MR) is 73.0 cm³/mol. The molecule has 1 aromatic heterocycles. The third kappa shape index (κ3) is 2.59. The van der Waals surface area contributed by atoms with Crippen molar-refractivity contribution in [2.45, 2.75) is 38.9 Å². The van der Waals surface area contributed by atoms with Crippen LogP contribution in [-0.2, 0) is 16.1 Å². The van der Waals surface area contributed by atoms with Gasteiger partial charge in [-0.2, -0.15) is 0 Å². The number of piperazine rings is 1. The lowest BCUT2D eigenvalue weighted by Crippen LogP contribution is -2.61. The van der Waals surface area contributed by atoms with E-state index < -0.39 is 12.1 Å². The first-order chi connectivity index (χ1) is 9.58. The summed E-state index contributed by atoms with van der Waals surface area (Å²) >= 11 is 0. The highest BCUT2D eigenvalue weighted by molar-refractivity contribution is 5.96. The van der Waals surface area contributed by atoms with Crippen molar-refractivity contribution in [1.82, 2.24) is 15.2 Å². The SMILES string of the molecule is CCC1NC(=O)C(C)N(Cc2cccnc2OC)C1=O. The maximum absolute atomic E-state index is 12.4. The van der Waals surface area contributed by atoms with Gasteiger partial charge in [0.1, 0.15) is 12.1 Å². The number of rotatable bonds is 4. The molecular weight excluding hydrogens is 258 g/mol. The largest absolute Gasteiger partial charge is 0.481 e. The summed E-state index contributed by atoms with van der Waals surface area (Å²) in [5, 5.41) is 2.73. The fourth-order valence-electron chi connectivity index (χ4n) is 2.29. The molecule has 1 aliphatic heterocycles. The Balaban J connectivity index is 2.25. The fourth-order valence-corrected chi connectivity index (χ4v) is 2.29. The summed E-state index contributed by atoms with van der Waals surface area (Å²) in [6.07, 6.45) is 2.21. The van der Waals surface area contributed by atoms with Crippen molar-refractivity contribution >= 4 is 11.8 Å². The maximum atomic E-state index is 12.4. The lowest BCUT2D eigenvalue weighted by molar-refractivity contribution is -0.149. The highest BCUT2D eigenvalue weighted by Crippen LogP contribution is 2.20. The Kier molecular flexibility index (Phi) is 4.22. The average molecular weight is 277 g/mol. The number of methoxy groups -OCH3 is 1. The topological polar surface area (TPSA) is 71.5 Å². The third-order valence-electron chi connectivity index (χ3n) is 3.54. The van der Waals surface area contributed by atoms with Crippen LogP contribution in [0.15, 0.2) is 18.3 Å². The molecule has 0 radical (unpaired) electrons. The molecule has 1 aliphatic rings. The molecule has 108 valence electrons. The highest BCUT2D eigenvalue weighted by Gasteiger charge is 2.37. The smallest absolute Gasteiger partial charge is 0.246 e. The van der Waals surface area contributed by atoms with Gasteiger partial charge in [0.2, 0.25) is 17.7 Å². The number of hydrogen-bond acceptors (Lipinski definition) is 4. The summed E-state index contributed by atoms with van der Waals surface area (Å²) < 4.78 is 5.19. The minimum absolute atomic E-state index is 0.0643. The summed E-state index contributed by atoms with van der Waals surface area (Å²) in [7, 11) is 1.54. The van der Waals surface area contributed by atoms with E-state index in [0.717, 1.165) is 5.56 Å². The first kappa shape index (κ1) is 14.3. The van der Waals surface area contributed by atoms with Gasteiger partial charge in [0.15, 0.2) is 0 Å². The first-order valence-corrected chi connectivity index (χ1v) is 6.67. The Bertz CT molecular complexity index is 518. The Morgan fingerprint density at radius 1 is 1.45 bits per heavy atom. The number of carbonyl (C=O) groups is 2. The summed E-state index contributed by atoms with van der Waals surface area (Å²) in [5.41, 5.74) is 0.791. The average Bonchev–Trinajstić information content (AvgIpc) is 2.47. The van der Waals surface area contributed by atoms with Gasteiger partial charge in [-0.3, -0.25) is 9.59 Å². The lowest BCUT2D eigenvalue weighted by atomic mass is 10.1. The molecule has 6 heteroatoms. The van der Waals surface area contributed by atoms with E-state index in [-0.39, 0.29) is 11.8 Å². The fraction of sp³-hybridized carbons (Fsp3) is 0.500.